The number of aromatic nitrogens is 2. The molecular formula is C18H21N3O4S2. The number of hydrogen-bond acceptors (Lipinski definition) is 6. The Labute approximate surface area is 162 Å². The minimum absolute atomic E-state index is 0.0728. The number of thioether (sulfide) groups is 1. The summed E-state index contributed by atoms with van der Waals surface area (Å²) in [5, 5.41) is 7.51. The lowest BCUT2D eigenvalue weighted by Crippen LogP contribution is -2.24. The molecule has 7 nitrogen and oxygen atoms in total. The van der Waals surface area contributed by atoms with Crippen LogP contribution in [0.5, 0.6) is 5.75 Å². The summed E-state index contributed by atoms with van der Waals surface area (Å²) in [4.78, 5) is 12.5. The second-order valence-electron chi connectivity index (χ2n) is 6.92. The smallest absolute Gasteiger partial charge is 0.263 e. The van der Waals surface area contributed by atoms with E-state index < -0.39 is 9.84 Å². The summed E-state index contributed by atoms with van der Waals surface area (Å²) in [6, 6.07) is 7.29. The van der Waals surface area contributed by atoms with Crippen molar-refractivity contribution in [3.8, 4) is 5.75 Å². The highest BCUT2D eigenvalue weighted by Crippen LogP contribution is 2.38. The fraction of sp³-hybridized carbons (Fsp3) is 0.444. The van der Waals surface area contributed by atoms with E-state index in [4.69, 9.17) is 4.74 Å². The van der Waals surface area contributed by atoms with Crippen LogP contribution in [-0.2, 0) is 26.1 Å². The molecule has 1 aromatic carbocycles. The largest absolute Gasteiger partial charge is 0.484 e. The maximum absolute atomic E-state index is 12.5. The molecule has 1 amide bonds. The Balaban J connectivity index is 1.50. The molecule has 4 rings (SSSR count). The summed E-state index contributed by atoms with van der Waals surface area (Å²) in [5.74, 6) is 2.77. The standard InChI is InChI=1S/C18H21N3O4S2/c1-12-3-2-4-14(7-12)25-8-17(22)19-18-15-9-26-10-16(15)20-21(18)13-5-6-27(23,24)11-13/h2-4,7,13H,5-6,8-11H2,1H3,(H,19,22). The Kier molecular flexibility index (Phi) is 4.90. The van der Waals surface area contributed by atoms with Crippen LogP contribution in [0.2, 0.25) is 0 Å². The topological polar surface area (TPSA) is 90.3 Å². The zero-order valence-electron chi connectivity index (χ0n) is 15.0. The number of nitrogens with one attached hydrogen (secondary N) is 1. The van der Waals surface area contributed by atoms with E-state index in [9.17, 15) is 13.2 Å². The molecule has 27 heavy (non-hydrogen) atoms. The van der Waals surface area contributed by atoms with E-state index in [1.165, 1.54) is 0 Å². The molecule has 0 spiro atoms. The first-order valence-corrected chi connectivity index (χ1v) is 11.8. The lowest BCUT2D eigenvalue weighted by Gasteiger charge is -2.15. The number of hydrogen-bond donors (Lipinski definition) is 1. The van der Waals surface area contributed by atoms with Crippen LogP contribution in [0.1, 0.15) is 29.3 Å². The van der Waals surface area contributed by atoms with Crippen molar-refractivity contribution in [1.29, 1.82) is 0 Å². The van der Waals surface area contributed by atoms with Gasteiger partial charge in [-0.25, -0.2) is 13.1 Å². The molecule has 2 aliphatic rings. The number of sulfone groups is 1. The zero-order chi connectivity index (χ0) is 19.0. The highest BCUT2D eigenvalue weighted by Gasteiger charge is 2.34. The molecule has 9 heteroatoms. The minimum atomic E-state index is -3.03. The minimum Gasteiger partial charge on any atom is -0.484 e. The maximum Gasteiger partial charge on any atom is 0.263 e. The van der Waals surface area contributed by atoms with Crippen LogP contribution in [0.4, 0.5) is 5.82 Å². The first-order chi connectivity index (χ1) is 12.9. The Bertz CT molecular complexity index is 984. The number of carbonyl (C=O) groups excluding carboxylic acids is 1. The quantitative estimate of drug-likeness (QED) is 0.818. The number of amides is 1. The first-order valence-electron chi connectivity index (χ1n) is 8.79. The van der Waals surface area contributed by atoms with Crippen molar-refractivity contribution in [2.75, 3.05) is 23.4 Å². The normalized spacial score (nSPS) is 20.4. The summed E-state index contributed by atoms with van der Waals surface area (Å²) in [6.07, 6.45) is 0.526. The van der Waals surface area contributed by atoms with Gasteiger partial charge < -0.3 is 10.1 Å². The van der Waals surface area contributed by atoms with Crippen LogP contribution in [-0.4, -0.2) is 42.2 Å². The van der Waals surface area contributed by atoms with Crippen LogP contribution >= 0.6 is 11.8 Å². The summed E-state index contributed by atoms with van der Waals surface area (Å²) in [5.41, 5.74) is 2.98. The van der Waals surface area contributed by atoms with Crippen LogP contribution < -0.4 is 10.1 Å². The van der Waals surface area contributed by atoms with Gasteiger partial charge in [-0.2, -0.15) is 16.9 Å². The number of nitrogens with zero attached hydrogens (tertiary/aromatic N) is 2. The van der Waals surface area contributed by atoms with Crippen molar-refractivity contribution >= 4 is 33.3 Å². The zero-order valence-corrected chi connectivity index (χ0v) is 16.6. The van der Waals surface area contributed by atoms with Crippen LogP contribution in [0.25, 0.3) is 0 Å². The number of benzene rings is 1. The highest BCUT2D eigenvalue weighted by molar-refractivity contribution is 7.98. The molecule has 1 fully saturated rings. The van der Waals surface area contributed by atoms with Crippen LogP contribution in [0.15, 0.2) is 24.3 Å². The van der Waals surface area contributed by atoms with Crippen molar-refractivity contribution in [3.05, 3.63) is 41.1 Å². The number of fused-ring (bicyclic) bond motifs is 1. The van der Waals surface area contributed by atoms with Crippen molar-refractivity contribution in [3.63, 3.8) is 0 Å². The predicted octanol–water partition coefficient (Wildman–Crippen LogP) is 2.32. The third-order valence-electron chi connectivity index (χ3n) is 4.75. The van der Waals surface area contributed by atoms with Gasteiger partial charge in [0.2, 0.25) is 0 Å². The van der Waals surface area contributed by atoms with E-state index in [2.05, 4.69) is 10.4 Å². The van der Waals surface area contributed by atoms with E-state index in [1.807, 2.05) is 31.2 Å². The lowest BCUT2D eigenvalue weighted by atomic mass is 10.2. The number of anilines is 1. The van der Waals surface area contributed by atoms with Crippen molar-refractivity contribution < 1.29 is 17.9 Å². The molecule has 0 radical (unpaired) electrons. The predicted molar refractivity (Wildman–Crippen MR) is 105 cm³/mol. The molecule has 1 aromatic heterocycles. The molecule has 0 aliphatic carbocycles. The van der Waals surface area contributed by atoms with E-state index >= 15 is 0 Å². The average molecular weight is 408 g/mol. The average Bonchev–Trinajstić information content (AvgIpc) is 3.29. The maximum atomic E-state index is 12.5. The molecule has 0 saturated carbocycles. The molecule has 1 unspecified atom stereocenters. The first kappa shape index (κ1) is 18.4. The number of ether oxygens (including phenoxy) is 1. The second-order valence-corrected chi connectivity index (χ2v) is 10.1. The number of rotatable bonds is 5. The molecular weight excluding hydrogens is 386 g/mol. The summed E-state index contributed by atoms with van der Waals surface area (Å²) in [7, 11) is -3.03. The van der Waals surface area contributed by atoms with Gasteiger partial charge in [0.1, 0.15) is 11.6 Å². The van der Waals surface area contributed by atoms with Gasteiger partial charge in [0.25, 0.3) is 5.91 Å². The monoisotopic (exact) mass is 407 g/mol. The number of carbonyl (C=O) groups is 1. The molecule has 1 saturated heterocycles. The lowest BCUT2D eigenvalue weighted by molar-refractivity contribution is -0.118. The van der Waals surface area contributed by atoms with Gasteiger partial charge in [0, 0.05) is 17.1 Å². The third kappa shape index (κ3) is 3.98. The van der Waals surface area contributed by atoms with Crippen molar-refractivity contribution in [2.45, 2.75) is 30.9 Å². The van der Waals surface area contributed by atoms with Crippen LogP contribution in [0.3, 0.4) is 0 Å². The second kappa shape index (κ2) is 7.20. The van der Waals surface area contributed by atoms with Gasteiger partial charge in [-0.1, -0.05) is 12.1 Å². The fourth-order valence-corrected chi connectivity index (χ4v) is 6.15. The van der Waals surface area contributed by atoms with E-state index in [0.717, 1.165) is 28.3 Å². The summed E-state index contributed by atoms with van der Waals surface area (Å²) >= 11 is 1.74. The SMILES string of the molecule is Cc1cccc(OCC(=O)Nc2c3c(nn2C2CCS(=O)(=O)C2)CSC3)c1. The number of aryl methyl sites for hydroxylation is 1. The van der Waals surface area contributed by atoms with Gasteiger partial charge in [-0.05, 0) is 31.0 Å². The van der Waals surface area contributed by atoms with Gasteiger partial charge in [0.05, 0.1) is 23.2 Å². The highest BCUT2D eigenvalue weighted by atomic mass is 32.2. The molecule has 0 bridgehead atoms. The Morgan fingerprint density at radius 1 is 1.41 bits per heavy atom. The Morgan fingerprint density at radius 3 is 3.00 bits per heavy atom. The third-order valence-corrected chi connectivity index (χ3v) is 7.47. The van der Waals surface area contributed by atoms with Crippen molar-refractivity contribution in [1.82, 2.24) is 9.78 Å². The summed E-state index contributed by atoms with van der Waals surface area (Å²) < 4.78 is 31.0. The van der Waals surface area contributed by atoms with E-state index in [0.29, 0.717) is 18.0 Å². The van der Waals surface area contributed by atoms with E-state index in [1.54, 1.807) is 16.4 Å². The molecule has 3 heterocycles. The van der Waals surface area contributed by atoms with Gasteiger partial charge >= 0.3 is 0 Å². The Hall–Kier alpha value is -2.00. The molecule has 2 aromatic rings. The van der Waals surface area contributed by atoms with Gasteiger partial charge in [-0.15, -0.1) is 0 Å². The molecule has 144 valence electrons. The van der Waals surface area contributed by atoms with Crippen molar-refractivity contribution in [2.24, 2.45) is 0 Å². The fourth-order valence-electron chi connectivity index (χ4n) is 3.42. The van der Waals surface area contributed by atoms with Crippen LogP contribution in [0, 0.1) is 6.92 Å². The van der Waals surface area contributed by atoms with Gasteiger partial charge in [-0.3, -0.25) is 4.79 Å². The molecule has 1 atom stereocenters. The van der Waals surface area contributed by atoms with E-state index in [-0.39, 0.29) is 30.1 Å². The molecule has 1 N–H and O–H groups in total. The Morgan fingerprint density at radius 2 is 2.26 bits per heavy atom. The van der Waals surface area contributed by atoms with Gasteiger partial charge in [0.15, 0.2) is 16.4 Å². The summed E-state index contributed by atoms with van der Waals surface area (Å²) in [6.45, 7) is 1.85. The molecule has 2 aliphatic heterocycles.